The third-order valence-electron chi connectivity index (χ3n) is 2.26. The zero-order valence-electron chi connectivity index (χ0n) is 10.0. The lowest BCUT2D eigenvalue weighted by atomic mass is 10.2. The first-order valence-electron chi connectivity index (χ1n) is 5.19. The van der Waals surface area contributed by atoms with Crippen LogP contribution >= 0.6 is 11.8 Å². The molecule has 0 unspecified atom stereocenters. The Labute approximate surface area is 108 Å². The van der Waals surface area contributed by atoms with E-state index in [1.807, 2.05) is 13.0 Å². The second-order valence-electron chi connectivity index (χ2n) is 3.58. The zero-order valence-corrected chi connectivity index (χ0v) is 10.8. The third-order valence-corrected chi connectivity index (χ3v) is 3.18. The van der Waals surface area contributed by atoms with E-state index in [0.29, 0.717) is 16.5 Å². The highest BCUT2D eigenvalue weighted by Crippen LogP contribution is 2.31. The van der Waals surface area contributed by atoms with E-state index >= 15 is 0 Å². The van der Waals surface area contributed by atoms with Crippen LogP contribution in [0.1, 0.15) is 11.4 Å². The van der Waals surface area contributed by atoms with Gasteiger partial charge in [0.2, 0.25) is 5.16 Å². The van der Waals surface area contributed by atoms with Gasteiger partial charge in [0.05, 0.1) is 7.11 Å². The highest BCUT2D eigenvalue weighted by Gasteiger charge is 2.11. The van der Waals surface area contributed by atoms with Crippen LogP contribution in [0.4, 0.5) is 0 Å². The first kappa shape index (κ1) is 12.4. The van der Waals surface area contributed by atoms with Crippen LogP contribution in [-0.4, -0.2) is 28.1 Å². The molecule has 0 aliphatic carbocycles. The van der Waals surface area contributed by atoms with Crippen molar-refractivity contribution in [2.75, 3.05) is 7.11 Å². The molecule has 7 heteroatoms. The van der Waals surface area contributed by atoms with Crippen molar-refractivity contribution in [1.29, 1.82) is 5.41 Å². The minimum atomic E-state index is 0.00686. The maximum Gasteiger partial charge on any atom is 0.213 e. The normalized spacial score (nSPS) is 10.3. The molecule has 6 nitrogen and oxygen atoms in total. The molecule has 1 heterocycles. The van der Waals surface area contributed by atoms with Crippen LogP contribution in [0.25, 0.3) is 0 Å². The summed E-state index contributed by atoms with van der Waals surface area (Å²) in [6, 6.07) is 5.33. The molecule has 0 bridgehead atoms. The number of aromatic nitrogens is 3. The van der Waals surface area contributed by atoms with Gasteiger partial charge in [0.15, 0.2) is 0 Å². The van der Waals surface area contributed by atoms with Crippen molar-refractivity contribution in [3.63, 3.8) is 0 Å². The molecule has 0 aliphatic rings. The third kappa shape index (κ3) is 2.62. The maximum atomic E-state index is 7.55. The quantitative estimate of drug-likeness (QED) is 0.574. The molecule has 0 fully saturated rings. The van der Waals surface area contributed by atoms with Gasteiger partial charge in [0, 0.05) is 10.5 Å². The first-order chi connectivity index (χ1) is 8.60. The van der Waals surface area contributed by atoms with Gasteiger partial charge in [-0.25, -0.2) is 4.98 Å². The van der Waals surface area contributed by atoms with Crippen LogP contribution in [0.15, 0.2) is 28.3 Å². The molecular weight excluding hydrogens is 250 g/mol. The van der Waals surface area contributed by atoms with Gasteiger partial charge in [-0.1, -0.05) is 0 Å². The Bertz CT molecular complexity index is 581. The fraction of sp³-hybridized carbons (Fsp3) is 0.182. The number of rotatable bonds is 4. The van der Waals surface area contributed by atoms with Crippen molar-refractivity contribution in [2.24, 2.45) is 5.73 Å². The number of nitrogens with one attached hydrogen (secondary N) is 2. The molecule has 1 aromatic carbocycles. The predicted molar refractivity (Wildman–Crippen MR) is 69.3 cm³/mol. The van der Waals surface area contributed by atoms with Crippen LogP contribution in [-0.2, 0) is 0 Å². The lowest BCUT2D eigenvalue weighted by Gasteiger charge is -2.08. The van der Waals surface area contributed by atoms with Gasteiger partial charge in [0.25, 0.3) is 0 Å². The monoisotopic (exact) mass is 263 g/mol. The Balaban J connectivity index is 2.37. The Morgan fingerprint density at radius 1 is 1.50 bits per heavy atom. The average molecular weight is 263 g/mol. The topological polar surface area (TPSA) is 101 Å². The predicted octanol–water partition coefficient (Wildman–Crippen LogP) is 1.56. The molecule has 4 N–H and O–H groups in total. The number of methoxy groups -OCH3 is 1. The second kappa shape index (κ2) is 5.09. The maximum absolute atomic E-state index is 7.55. The van der Waals surface area contributed by atoms with Gasteiger partial charge < -0.3 is 10.5 Å². The fourth-order valence-electron chi connectivity index (χ4n) is 1.40. The number of benzene rings is 1. The van der Waals surface area contributed by atoms with Crippen molar-refractivity contribution in [3.05, 3.63) is 29.6 Å². The number of hydrogen-bond donors (Lipinski definition) is 3. The number of nitrogens with zero attached hydrogens (tertiary/aromatic N) is 2. The summed E-state index contributed by atoms with van der Waals surface area (Å²) in [4.78, 5) is 5.00. The van der Waals surface area contributed by atoms with E-state index in [1.165, 1.54) is 11.8 Å². The Morgan fingerprint density at radius 2 is 2.28 bits per heavy atom. The molecular formula is C11H13N5OS. The van der Waals surface area contributed by atoms with E-state index in [-0.39, 0.29) is 5.84 Å². The van der Waals surface area contributed by atoms with Gasteiger partial charge in [-0.15, -0.1) is 5.10 Å². The average Bonchev–Trinajstić information content (AvgIpc) is 2.74. The van der Waals surface area contributed by atoms with E-state index in [9.17, 15) is 0 Å². The Kier molecular flexibility index (Phi) is 3.52. The number of hydrogen-bond acceptors (Lipinski definition) is 5. The van der Waals surface area contributed by atoms with Gasteiger partial charge in [-0.3, -0.25) is 10.5 Å². The molecule has 0 aliphatic heterocycles. The second-order valence-corrected chi connectivity index (χ2v) is 4.59. The van der Waals surface area contributed by atoms with Crippen LogP contribution in [0.2, 0.25) is 0 Å². The van der Waals surface area contributed by atoms with E-state index in [2.05, 4.69) is 15.2 Å². The summed E-state index contributed by atoms with van der Waals surface area (Å²) < 4.78 is 5.16. The molecule has 0 atom stereocenters. The number of nitrogens with two attached hydrogens (primary N) is 1. The number of aromatic amines is 1. The van der Waals surface area contributed by atoms with E-state index in [0.717, 1.165) is 10.7 Å². The molecule has 18 heavy (non-hydrogen) atoms. The molecule has 2 rings (SSSR count). The summed E-state index contributed by atoms with van der Waals surface area (Å²) in [6.45, 7) is 1.83. The molecule has 0 saturated carbocycles. The summed E-state index contributed by atoms with van der Waals surface area (Å²) >= 11 is 1.34. The molecule has 0 amide bonds. The zero-order chi connectivity index (χ0) is 13.1. The van der Waals surface area contributed by atoms with Crippen molar-refractivity contribution in [3.8, 4) is 5.75 Å². The molecule has 94 valence electrons. The molecule has 2 aromatic rings. The summed E-state index contributed by atoms with van der Waals surface area (Å²) in [6.07, 6.45) is 0. The van der Waals surface area contributed by atoms with E-state index in [1.54, 1.807) is 19.2 Å². The van der Waals surface area contributed by atoms with E-state index < -0.39 is 0 Å². The van der Waals surface area contributed by atoms with Crippen LogP contribution in [0.5, 0.6) is 5.75 Å². The smallest absolute Gasteiger partial charge is 0.213 e. The minimum absolute atomic E-state index is 0.00686. The molecule has 0 saturated heterocycles. The van der Waals surface area contributed by atoms with Crippen LogP contribution in [0, 0.1) is 12.3 Å². The molecule has 0 radical (unpaired) electrons. The molecule has 1 aromatic heterocycles. The minimum Gasteiger partial charge on any atom is -0.497 e. The number of H-pyrrole nitrogens is 1. The fourth-order valence-corrected chi connectivity index (χ4v) is 2.34. The van der Waals surface area contributed by atoms with Crippen molar-refractivity contribution >= 4 is 17.6 Å². The van der Waals surface area contributed by atoms with Crippen LogP contribution in [0.3, 0.4) is 0 Å². The first-order valence-corrected chi connectivity index (χ1v) is 6.01. The van der Waals surface area contributed by atoms with Crippen molar-refractivity contribution < 1.29 is 4.74 Å². The molecule has 0 spiro atoms. The lowest BCUT2D eigenvalue weighted by Crippen LogP contribution is -2.12. The Hall–Kier alpha value is -2.02. The number of amidine groups is 1. The van der Waals surface area contributed by atoms with Crippen molar-refractivity contribution in [1.82, 2.24) is 15.2 Å². The Morgan fingerprint density at radius 3 is 2.83 bits per heavy atom. The van der Waals surface area contributed by atoms with Gasteiger partial charge in [-0.05, 0) is 36.9 Å². The van der Waals surface area contributed by atoms with Gasteiger partial charge >= 0.3 is 0 Å². The number of nitrogen functional groups attached to an aromatic ring is 1. The van der Waals surface area contributed by atoms with E-state index in [4.69, 9.17) is 15.9 Å². The number of ether oxygens (including phenoxy) is 1. The summed E-state index contributed by atoms with van der Waals surface area (Å²) in [5.41, 5.74) is 6.19. The SMILES string of the molecule is COc1ccc(C(=N)N)c(Sc2n[nH]c(C)n2)c1. The summed E-state index contributed by atoms with van der Waals surface area (Å²) in [7, 11) is 1.59. The summed E-state index contributed by atoms with van der Waals surface area (Å²) in [5, 5.41) is 14.9. The standard InChI is InChI=1S/C11H13N5OS/c1-6-14-11(16-15-6)18-9-5-7(17-2)3-4-8(9)10(12)13/h3-5H,1-2H3,(H3,12,13)(H,14,15,16). The van der Waals surface area contributed by atoms with Crippen molar-refractivity contribution in [2.45, 2.75) is 17.0 Å². The summed E-state index contributed by atoms with van der Waals surface area (Å²) in [5.74, 6) is 1.45. The number of aryl methyl sites for hydroxylation is 1. The van der Waals surface area contributed by atoms with Gasteiger partial charge in [0.1, 0.15) is 17.4 Å². The largest absolute Gasteiger partial charge is 0.497 e. The van der Waals surface area contributed by atoms with Crippen LogP contribution < -0.4 is 10.5 Å². The highest BCUT2D eigenvalue weighted by atomic mass is 32.2. The highest BCUT2D eigenvalue weighted by molar-refractivity contribution is 7.99. The van der Waals surface area contributed by atoms with Gasteiger partial charge in [-0.2, -0.15) is 0 Å². The lowest BCUT2D eigenvalue weighted by molar-refractivity contribution is 0.413.